The summed E-state index contributed by atoms with van der Waals surface area (Å²) in [4.78, 5) is 22.2. The Balaban J connectivity index is 2.43. The minimum Gasteiger partial charge on any atom is -0.481 e. The minimum atomic E-state index is -0.883. The lowest BCUT2D eigenvalue weighted by molar-refractivity contribution is -0.138. The van der Waals surface area contributed by atoms with Crippen LogP contribution in [0, 0.1) is 11.7 Å². The van der Waals surface area contributed by atoms with Gasteiger partial charge in [-0.25, -0.2) is 4.39 Å². The highest BCUT2D eigenvalue weighted by molar-refractivity contribution is 5.77. The van der Waals surface area contributed by atoms with Crippen LogP contribution in [0.1, 0.15) is 38.2 Å². The summed E-state index contributed by atoms with van der Waals surface area (Å²) in [5.74, 6) is -1.73. The molecule has 2 atom stereocenters. The van der Waals surface area contributed by atoms with Gasteiger partial charge in [-0.15, -0.1) is 0 Å². The van der Waals surface area contributed by atoms with Crippen LogP contribution in [0.5, 0.6) is 0 Å². The van der Waals surface area contributed by atoms with E-state index in [2.05, 4.69) is 5.32 Å². The maximum Gasteiger partial charge on any atom is 0.303 e. The molecule has 2 N–H and O–H groups in total. The van der Waals surface area contributed by atoms with E-state index in [-0.39, 0.29) is 36.4 Å². The van der Waals surface area contributed by atoms with Crippen molar-refractivity contribution in [3.05, 3.63) is 35.6 Å². The van der Waals surface area contributed by atoms with Gasteiger partial charge in [-0.05, 0) is 23.5 Å². The molecule has 1 aromatic rings. The molecule has 1 aromatic carbocycles. The van der Waals surface area contributed by atoms with Crippen molar-refractivity contribution in [1.82, 2.24) is 5.32 Å². The van der Waals surface area contributed by atoms with Crippen molar-refractivity contribution < 1.29 is 19.1 Å². The summed E-state index contributed by atoms with van der Waals surface area (Å²) in [6.07, 6.45) is 0.198. The van der Waals surface area contributed by atoms with Crippen LogP contribution < -0.4 is 5.32 Å². The largest absolute Gasteiger partial charge is 0.481 e. The van der Waals surface area contributed by atoms with Crippen LogP contribution in [0.2, 0.25) is 0 Å². The number of carbonyl (C=O) groups is 2. The molecule has 1 amide bonds. The van der Waals surface area contributed by atoms with E-state index in [0.717, 1.165) is 0 Å². The number of amides is 1. The molecule has 0 spiro atoms. The van der Waals surface area contributed by atoms with Crippen molar-refractivity contribution in [3.63, 3.8) is 0 Å². The van der Waals surface area contributed by atoms with Gasteiger partial charge in [0.25, 0.3) is 0 Å². The van der Waals surface area contributed by atoms with Gasteiger partial charge < -0.3 is 10.4 Å². The van der Waals surface area contributed by atoms with Crippen molar-refractivity contribution in [2.24, 2.45) is 5.92 Å². The molecule has 0 aromatic heterocycles. The fourth-order valence-electron chi connectivity index (χ4n) is 1.99. The third-order valence-electron chi connectivity index (χ3n) is 3.10. The number of benzene rings is 1. The van der Waals surface area contributed by atoms with E-state index >= 15 is 0 Å². The van der Waals surface area contributed by atoms with Gasteiger partial charge in [-0.3, -0.25) is 9.59 Å². The Morgan fingerprint density at radius 2 is 1.90 bits per heavy atom. The van der Waals surface area contributed by atoms with E-state index in [4.69, 9.17) is 5.11 Å². The molecule has 0 heterocycles. The van der Waals surface area contributed by atoms with E-state index in [0.29, 0.717) is 12.1 Å². The zero-order chi connectivity index (χ0) is 15.1. The first-order chi connectivity index (χ1) is 9.40. The average Bonchev–Trinajstić information content (AvgIpc) is 2.36. The number of rotatable bonds is 7. The van der Waals surface area contributed by atoms with E-state index in [1.807, 2.05) is 0 Å². The summed E-state index contributed by atoms with van der Waals surface area (Å²) in [5.41, 5.74) is 0.515. The van der Waals surface area contributed by atoms with Gasteiger partial charge in [0.05, 0.1) is 0 Å². The standard InChI is InChI=1S/C15H20FNO3/c1-10(7-15(19)20)9-17-14(18)8-11(2)12-5-3-4-6-13(12)16/h3-6,10-11H,7-9H2,1-2H3,(H,17,18)(H,19,20). The monoisotopic (exact) mass is 281 g/mol. The first-order valence-corrected chi connectivity index (χ1v) is 6.63. The second kappa shape index (κ2) is 7.62. The van der Waals surface area contributed by atoms with Gasteiger partial charge in [0.15, 0.2) is 0 Å². The number of halogens is 1. The summed E-state index contributed by atoms with van der Waals surface area (Å²) >= 11 is 0. The molecule has 0 aliphatic carbocycles. The maximum absolute atomic E-state index is 13.6. The highest BCUT2D eigenvalue weighted by Gasteiger charge is 2.15. The van der Waals surface area contributed by atoms with E-state index < -0.39 is 5.97 Å². The summed E-state index contributed by atoms with van der Waals surface area (Å²) in [7, 11) is 0. The number of carboxylic acid groups (broad SMARTS) is 1. The van der Waals surface area contributed by atoms with E-state index in [1.54, 1.807) is 32.0 Å². The van der Waals surface area contributed by atoms with Gasteiger partial charge >= 0.3 is 5.97 Å². The van der Waals surface area contributed by atoms with Gasteiger partial charge in [-0.2, -0.15) is 0 Å². The van der Waals surface area contributed by atoms with Crippen LogP contribution >= 0.6 is 0 Å². The lowest BCUT2D eigenvalue weighted by Crippen LogP contribution is -2.30. The fraction of sp³-hybridized carbons (Fsp3) is 0.467. The SMILES string of the molecule is CC(CNC(=O)CC(C)c1ccccc1F)CC(=O)O. The Bertz CT molecular complexity index is 476. The van der Waals surface area contributed by atoms with Gasteiger partial charge in [-0.1, -0.05) is 32.0 Å². The molecule has 0 bridgehead atoms. The van der Waals surface area contributed by atoms with Crippen LogP contribution in [-0.4, -0.2) is 23.5 Å². The number of carboxylic acids is 1. The van der Waals surface area contributed by atoms with Crippen molar-refractivity contribution in [1.29, 1.82) is 0 Å². The summed E-state index contributed by atoms with van der Waals surface area (Å²) in [6.45, 7) is 3.86. The Labute approximate surface area is 118 Å². The topological polar surface area (TPSA) is 66.4 Å². The van der Waals surface area contributed by atoms with E-state index in [9.17, 15) is 14.0 Å². The molecule has 0 fully saturated rings. The van der Waals surface area contributed by atoms with Crippen molar-refractivity contribution in [2.75, 3.05) is 6.54 Å². The third kappa shape index (κ3) is 5.38. The summed E-state index contributed by atoms with van der Waals surface area (Å²) < 4.78 is 13.6. The summed E-state index contributed by atoms with van der Waals surface area (Å²) in [6, 6.07) is 6.39. The molecule has 20 heavy (non-hydrogen) atoms. The Hall–Kier alpha value is -1.91. The highest BCUT2D eigenvalue weighted by Crippen LogP contribution is 2.21. The predicted molar refractivity (Wildman–Crippen MR) is 73.9 cm³/mol. The van der Waals surface area contributed by atoms with Crippen LogP contribution in [0.25, 0.3) is 0 Å². The smallest absolute Gasteiger partial charge is 0.303 e. The lowest BCUT2D eigenvalue weighted by atomic mass is 9.97. The molecule has 0 aliphatic rings. The molecule has 110 valence electrons. The zero-order valence-electron chi connectivity index (χ0n) is 11.7. The van der Waals surface area contributed by atoms with E-state index in [1.165, 1.54) is 6.07 Å². The number of hydrogen-bond acceptors (Lipinski definition) is 2. The van der Waals surface area contributed by atoms with Crippen molar-refractivity contribution in [2.45, 2.75) is 32.6 Å². The van der Waals surface area contributed by atoms with Crippen LogP contribution in [0.3, 0.4) is 0 Å². The molecule has 5 heteroatoms. The molecule has 4 nitrogen and oxygen atoms in total. The number of hydrogen-bond donors (Lipinski definition) is 2. The molecule has 0 aliphatic heterocycles. The molecule has 2 unspecified atom stereocenters. The van der Waals surface area contributed by atoms with Gasteiger partial charge in [0.1, 0.15) is 5.82 Å². The minimum absolute atomic E-state index is 0.0170. The Morgan fingerprint density at radius 3 is 2.50 bits per heavy atom. The summed E-state index contributed by atoms with van der Waals surface area (Å²) in [5, 5.41) is 11.3. The number of carbonyl (C=O) groups excluding carboxylic acids is 1. The highest BCUT2D eigenvalue weighted by atomic mass is 19.1. The van der Waals surface area contributed by atoms with Crippen molar-refractivity contribution >= 4 is 11.9 Å². The van der Waals surface area contributed by atoms with Crippen LogP contribution in [0.4, 0.5) is 4.39 Å². The molecular formula is C15H20FNO3. The zero-order valence-corrected chi connectivity index (χ0v) is 11.7. The number of nitrogens with one attached hydrogen (secondary N) is 1. The Morgan fingerprint density at radius 1 is 1.25 bits per heavy atom. The van der Waals surface area contributed by atoms with Crippen molar-refractivity contribution in [3.8, 4) is 0 Å². The maximum atomic E-state index is 13.6. The predicted octanol–water partition coefficient (Wildman–Crippen LogP) is 2.55. The van der Waals surface area contributed by atoms with Gasteiger partial charge in [0.2, 0.25) is 5.91 Å². The quantitative estimate of drug-likeness (QED) is 0.807. The van der Waals surface area contributed by atoms with Gasteiger partial charge in [0, 0.05) is 19.4 Å². The molecular weight excluding hydrogens is 261 g/mol. The second-order valence-electron chi connectivity index (χ2n) is 5.13. The second-order valence-corrected chi connectivity index (χ2v) is 5.13. The molecule has 0 saturated heterocycles. The number of aliphatic carboxylic acids is 1. The molecule has 0 saturated carbocycles. The Kier molecular flexibility index (Phi) is 6.15. The average molecular weight is 281 g/mol. The third-order valence-corrected chi connectivity index (χ3v) is 3.10. The van der Waals surface area contributed by atoms with Crippen LogP contribution in [-0.2, 0) is 9.59 Å². The molecule has 1 rings (SSSR count). The fourth-order valence-corrected chi connectivity index (χ4v) is 1.99. The van der Waals surface area contributed by atoms with Crippen LogP contribution in [0.15, 0.2) is 24.3 Å². The molecule has 0 radical (unpaired) electrons. The first kappa shape index (κ1) is 16.1. The first-order valence-electron chi connectivity index (χ1n) is 6.63. The lowest BCUT2D eigenvalue weighted by Gasteiger charge is -2.14. The normalized spacial score (nSPS) is 13.6.